The molecule has 146 valence electrons. The van der Waals surface area contributed by atoms with Gasteiger partial charge in [0.05, 0.1) is 12.1 Å². The topological polar surface area (TPSA) is 64.2 Å². The number of aromatic nitrogens is 1. The molecule has 5 nitrogen and oxygen atoms in total. The van der Waals surface area contributed by atoms with Crippen LogP contribution in [-0.4, -0.2) is 10.5 Å². The maximum atomic E-state index is 13.1. The van der Waals surface area contributed by atoms with Crippen LogP contribution in [0.3, 0.4) is 0 Å². The number of nitrogens with zero attached hydrogens (tertiary/aromatic N) is 1. The molecule has 0 aliphatic heterocycles. The summed E-state index contributed by atoms with van der Waals surface area (Å²) in [5.41, 5.74) is 4.88. The van der Waals surface area contributed by atoms with Crippen LogP contribution in [0, 0.1) is 19.7 Å². The van der Waals surface area contributed by atoms with Gasteiger partial charge in [-0.3, -0.25) is 9.36 Å². The zero-order valence-corrected chi connectivity index (χ0v) is 16.0. The van der Waals surface area contributed by atoms with Crippen LogP contribution in [0.25, 0.3) is 11.1 Å². The first-order valence-electron chi connectivity index (χ1n) is 9.16. The largest absolute Gasteiger partial charge is 0.420 e. The second kappa shape index (κ2) is 7.39. The smallest absolute Gasteiger partial charge is 0.408 e. The fraction of sp³-hybridized carbons (Fsp3) is 0.130. The first-order valence-corrected chi connectivity index (χ1v) is 9.16. The van der Waals surface area contributed by atoms with Crippen molar-refractivity contribution in [2.75, 3.05) is 5.32 Å². The molecule has 0 saturated carbocycles. The van der Waals surface area contributed by atoms with Gasteiger partial charge in [0.15, 0.2) is 5.58 Å². The van der Waals surface area contributed by atoms with Gasteiger partial charge in [-0.2, -0.15) is 0 Å². The van der Waals surface area contributed by atoms with Gasteiger partial charge in [-0.05, 0) is 73.0 Å². The van der Waals surface area contributed by atoms with Gasteiger partial charge >= 0.3 is 5.76 Å². The zero-order valence-electron chi connectivity index (χ0n) is 16.0. The van der Waals surface area contributed by atoms with E-state index in [9.17, 15) is 14.0 Å². The highest BCUT2D eigenvalue weighted by Gasteiger charge is 2.14. The third-order valence-electron chi connectivity index (χ3n) is 4.66. The van der Waals surface area contributed by atoms with E-state index in [-0.39, 0.29) is 18.3 Å². The van der Waals surface area contributed by atoms with Crippen molar-refractivity contribution in [2.24, 2.45) is 0 Å². The number of carbonyl (C=O) groups excluding carboxylic acids is 1. The van der Waals surface area contributed by atoms with E-state index < -0.39 is 5.76 Å². The number of amides is 1. The molecule has 29 heavy (non-hydrogen) atoms. The van der Waals surface area contributed by atoms with Gasteiger partial charge in [-0.1, -0.05) is 18.2 Å². The second-order valence-electron chi connectivity index (χ2n) is 7.09. The third-order valence-corrected chi connectivity index (χ3v) is 4.66. The minimum absolute atomic E-state index is 0.217. The average molecular weight is 390 g/mol. The Kier molecular flexibility index (Phi) is 4.76. The molecule has 1 aromatic heterocycles. The van der Waals surface area contributed by atoms with Gasteiger partial charge in [0, 0.05) is 11.3 Å². The number of anilines is 1. The number of hydrogen-bond acceptors (Lipinski definition) is 3. The minimum Gasteiger partial charge on any atom is -0.408 e. The molecule has 0 saturated heterocycles. The van der Waals surface area contributed by atoms with Crippen molar-refractivity contribution in [3.05, 3.63) is 99.3 Å². The molecular weight excluding hydrogens is 371 g/mol. The van der Waals surface area contributed by atoms with Gasteiger partial charge in [0.2, 0.25) is 0 Å². The predicted molar refractivity (Wildman–Crippen MR) is 110 cm³/mol. The molecule has 0 radical (unpaired) electrons. The molecule has 0 fully saturated rings. The molecule has 6 heteroatoms. The van der Waals surface area contributed by atoms with E-state index in [1.165, 1.54) is 16.7 Å². The van der Waals surface area contributed by atoms with Crippen LogP contribution in [-0.2, 0) is 6.54 Å². The lowest BCUT2D eigenvalue weighted by atomic mass is 10.1. The molecule has 4 aromatic rings. The normalized spacial score (nSPS) is 11.0. The first kappa shape index (κ1) is 18.7. The summed E-state index contributed by atoms with van der Waals surface area (Å²) in [6.07, 6.45) is 0. The van der Waals surface area contributed by atoms with E-state index in [2.05, 4.69) is 5.32 Å². The van der Waals surface area contributed by atoms with Gasteiger partial charge in [0.25, 0.3) is 5.91 Å². The summed E-state index contributed by atoms with van der Waals surface area (Å²) in [6, 6.07) is 16.6. The molecule has 4 rings (SSSR count). The Balaban J connectivity index is 1.66. The number of hydrogen-bond donors (Lipinski definition) is 1. The van der Waals surface area contributed by atoms with Crippen LogP contribution in [0.1, 0.15) is 27.0 Å². The quantitative estimate of drug-likeness (QED) is 0.552. The minimum atomic E-state index is -0.531. The molecule has 0 aliphatic carbocycles. The van der Waals surface area contributed by atoms with E-state index in [1.807, 2.05) is 32.0 Å². The second-order valence-corrected chi connectivity index (χ2v) is 7.09. The van der Waals surface area contributed by atoms with E-state index in [0.29, 0.717) is 22.4 Å². The van der Waals surface area contributed by atoms with Crippen molar-refractivity contribution in [3.63, 3.8) is 0 Å². The summed E-state index contributed by atoms with van der Waals surface area (Å²) in [5.74, 6) is -1.15. The molecule has 1 N–H and O–H groups in total. The van der Waals surface area contributed by atoms with Crippen molar-refractivity contribution in [3.8, 4) is 0 Å². The van der Waals surface area contributed by atoms with Crippen molar-refractivity contribution in [2.45, 2.75) is 20.4 Å². The summed E-state index contributed by atoms with van der Waals surface area (Å²) in [5, 5.41) is 2.89. The maximum absolute atomic E-state index is 13.1. The summed E-state index contributed by atoms with van der Waals surface area (Å²) < 4.78 is 19.8. The van der Waals surface area contributed by atoms with Crippen LogP contribution in [0.4, 0.5) is 10.1 Å². The molecule has 0 atom stereocenters. The number of rotatable bonds is 4. The molecule has 0 aliphatic rings. The molecular formula is C23H19FN2O3. The summed E-state index contributed by atoms with van der Waals surface area (Å²) in [6.45, 7) is 4.15. The standard InChI is InChI=1S/C23H19FN2O3/c1-14-9-15(2)11-19(10-14)25-22(27)17-5-8-21-20(12-17)26(23(28)29-21)13-16-3-6-18(24)7-4-16/h3-12H,13H2,1-2H3,(H,25,27). The molecule has 0 unspecified atom stereocenters. The van der Waals surface area contributed by atoms with E-state index in [4.69, 9.17) is 4.42 Å². The lowest BCUT2D eigenvalue weighted by molar-refractivity contribution is 0.102. The number of aryl methyl sites for hydroxylation is 2. The molecule has 0 spiro atoms. The third kappa shape index (κ3) is 3.96. The Morgan fingerprint density at radius 2 is 1.69 bits per heavy atom. The van der Waals surface area contributed by atoms with Gasteiger partial charge < -0.3 is 9.73 Å². The first-order chi connectivity index (χ1) is 13.9. The fourth-order valence-corrected chi connectivity index (χ4v) is 3.38. The Bertz CT molecular complexity index is 1250. The highest BCUT2D eigenvalue weighted by molar-refractivity contribution is 6.05. The van der Waals surface area contributed by atoms with E-state index >= 15 is 0 Å². The molecule has 0 bridgehead atoms. The monoisotopic (exact) mass is 390 g/mol. The number of nitrogens with one attached hydrogen (secondary N) is 1. The highest BCUT2D eigenvalue weighted by Crippen LogP contribution is 2.19. The van der Waals surface area contributed by atoms with Crippen molar-refractivity contribution >= 4 is 22.7 Å². The van der Waals surface area contributed by atoms with Crippen molar-refractivity contribution in [1.29, 1.82) is 0 Å². The Morgan fingerprint density at radius 1 is 1.00 bits per heavy atom. The molecule has 3 aromatic carbocycles. The lowest BCUT2D eigenvalue weighted by Gasteiger charge is -2.08. The summed E-state index contributed by atoms with van der Waals surface area (Å²) >= 11 is 0. The number of oxazole rings is 1. The Morgan fingerprint density at radius 3 is 2.38 bits per heavy atom. The predicted octanol–water partition coefficient (Wildman–Crippen LogP) is 4.65. The SMILES string of the molecule is Cc1cc(C)cc(NC(=O)c2ccc3oc(=O)n(Cc4ccc(F)cc4)c3c2)c1. The van der Waals surface area contributed by atoms with Crippen molar-refractivity contribution in [1.82, 2.24) is 4.57 Å². The molecule has 1 heterocycles. The number of halogens is 1. The Hall–Kier alpha value is -3.67. The highest BCUT2D eigenvalue weighted by atomic mass is 19.1. The summed E-state index contributed by atoms with van der Waals surface area (Å²) in [4.78, 5) is 25.0. The van der Waals surface area contributed by atoms with Crippen LogP contribution in [0.15, 0.2) is 69.9 Å². The van der Waals surface area contributed by atoms with Crippen LogP contribution in [0.2, 0.25) is 0 Å². The lowest BCUT2D eigenvalue weighted by Crippen LogP contribution is -2.16. The van der Waals surface area contributed by atoms with E-state index in [1.54, 1.807) is 30.3 Å². The fourth-order valence-electron chi connectivity index (χ4n) is 3.38. The van der Waals surface area contributed by atoms with Gasteiger partial charge in [-0.25, -0.2) is 9.18 Å². The number of fused-ring (bicyclic) bond motifs is 1. The Labute approximate surface area is 166 Å². The average Bonchev–Trinajstić information content (AvgIpc) is 2.97. The van der Waals surface area contributed by atoms with Crippen LogP contribution in [0.5, 0.6) is 0 Å². The van der Waals surface area contributed by atoms with Crippen LogP contribution >= 0.6 is 0 Å². The van der Waals surface area contributed by atoms with E-state index in [0.717, 1.165) is 16.7 Å². The van der Waals surface area contributed by atoms with Gasteiger partial charge in [-0.15, -0.1) is 0 Å². The molecule has 1 amide bonds. The zero-order chi connectivity index (χ0) is 20.5. The van der Waals surface area contributed by atoms with Gasteiger partial charge in [0.1, 0.15) is 5.82 Å². The summed E-state index contributed by atoms with van der Waals surface area (Å²) in [7, 11) is 0. The number of benzene rings is 3. The van der Waals surface area contributed by atoms with Crippen molar-refractivity contribution < 1.29 is 13.6 Å². The van der Waals surface area contributed by atoms with Crippen LogP contribution < -0.4 is 11.1 Å². The maximum Gasteiger partial charge on any atom is 0.420 e. The number of carbonyl (C=O) groups is 1.